The van der Waals surface area contributed by atoms with E-state index in [1.807, 2.05) is 26.0 Å². The third-order valence-electron chi connectivity index (χ3n) is 4.97. The number of halogens is 1. The minimum Gasteiger partial charge on any atom is -0.444 e. The molecule has 0 spiro atoms. The molecule has 2 aromatic carbocycles. The number of aromatic nitrogens is 2. The Morgan fingerprint density at radius 2 is 1.68 bits per heavy atom. The molecule has 0 saturated heterocycles. The van der Waals surface area contributed by atoms with E-state index in [0.29, 0.717) is 22.9 Å². The van der Waals surface area contributed by atoms with Crippen molar-refractivity contribution in [3.05, 3.63) is 81.6 Å². The van der Waals surface area contributed by atoms with E-state index in [0.717, 1.165) is 22.4 Å². The average molecular weight is 441 g/mol. The van der Waals surface area contributed by atoms with Crippen LogP contribution in [0, 0.1) is 13.8 Å². The summed E-state index contributed by atoms with van der Waals surface area (Å²) in [6.07, 6.45) is -0.544. The van der Waals surface area contributed by atoms with Gasteiger partial charge in [0, 0.05) is 36.9 Å². The number of carbonyl (C=O) groups is 2. The van der Waals surface area contributed by atoms with Gasteiger partial charge in [-0.1, -0.05) is 35.9 Å². The minimum atomic E-state index is -0.544. The third kappa shape index (κ3) is 5.64. The molecule has 2 amide bonds. The number of benzene rings is 2. The molecule has 0 bridgehead atoms. The van der Waals surface area contributed by atoms with Crippen LogP contribution in [0.4, 0.5) is 10.5 Å². The number of hydrogen-bond acceptors (Lipinski definition) is 4. The summed E-state index contributed by atoms with van der Waals surface area (Å²) in [5.74, 6) is -0.0893. The summed E-state index contributed by atoms with van der Waals surface area (Å²) in [5.41, 5.74) is 4.71. The molecule has 0 fully saturated rings. The van der Waals surface area contributed by atoms with Crippen molar-refractivity contribution in [2.45, 2.75) is 27.0 Å². The van der Waals surface area contributed by atoms with E-state index in [9.17, 15) is 9.59 Å². The Labute approximate surface area is 186 Å². The third-order valence-corrected chi connectivity index (χ3v) is 5.23. The van der Waals surface area contributed by atoms with Crippen LogP contribution in [0.25, 0.3) is 0 Å². The molecule has 0 aliphatic rings. The van der Waals surface area contributed by atoms with Gasteiger partial charge in [0.2, 0.25) is 0 Å². The Kier molecular flexibility index (Phi) is 6.97. The number of anilines is 1. The Bertz CT molecular complexity index is 1080. The fraction of sp³-hybridized carbons (Fsp3) is 0.261. The molecule has 1 aromatic heterocycles. The first-order chi connectivity index (χ1) is 14.7. The SMILES string of the molecule is Cc1nn(C)c(C(=O)N(C)Cc2ccc(NC(=O)OCc3ccc(Cl)cc3)cc2)c1C. The molecule has 162 valence electrons. The highest BCUT2D eigenvalue weighted by atomic mass is 35.5. The summed E-state index contributed by atoms with van der Waals surface area (Å²) >= 11 is 5.84. The second-order valence-corrected chi connectivity index (χ2v) is 7.80. The maximum Gasteiger partial charge on any atom is 0.411 e. The van der Waals surface area contributed by atoms with Crippen LogP contribution in [0.3, 0.4) is 0 Å². The molecule has 8 heteroatoms. The van der Waals surface area contributed by atoms with Gasteiger partial charge in [0.1, 0.15) is 12.3 Å². The number of nitrogens with zero attached hydrogens (tertiary/aromatic N) is 3. The van der Waals surface area contributed by atoms with Crippen molar-refractivity contribution in [1.82, 2.24) is 14.7 Å². The lowest BCUT2D eigenvalue weighted by Gasteiger charge is -2.18. The quantitative estimate of drug-likeness (QED) is 0.602. The summed E-state index contributed by atoms with van der Waals surface area (Å²) in [7, 11) is 3.53. The molecule has 0 unspecified atom stereocenters. The second-order valence-electron chi connectivity index (χ2n) is 7.37. The van der Waals surface area contributed by atoms with Gasteiger partial charge in [-0.2, -0.15) is 5.10 Å². The van der Waals surface area contributed by atoms with Gasteiger partial charge in [0.15, 0.2) is 0 Å². The zero-order chi connectivity index (χ0) is 22.5. The lowest BCUT2D eigenvalue weighted by molar-refractivity contribution is 0.0773. The number of carbonyl (C=O) groups excluding carboxylic acids is 2. The van der Waals surface area contributed by atoms with Crippen molar-refractivity contribution in [3.63, 3.8) is 0 Å². The molecule has 0 aliphatic heterocycles. The van der Waals surface area contributed by atoms with Gasteiger partial charge < -0.3 is 9.64 Å². The zero-order valence-electron chi connectivity index (χ0n) is 18.0. The van der Waals surface area contributed by atoms with Crippen molar-refractivity contribution in [2.24, 2.45) is 7.05 Å². The molecule has 0 atom stereocenters. The summed E-state index contributed by atoms with van der Waals surface area (Å²) in [6, 6.07) is 14.4. The second kappa shape index (κ2) is 9.66. The van der Waals surface area contributed by atoms with Gasteiger partial charge in [0.05, 0.1) is 5.69 Å². The van der Waals surface area contributed by atoms with Crippen LogP contribution in [0.2, 0.25) is 5.02 Å². The topological polar surface area (TPSA) is 76.5 Å². The molecule has 1 N–H and O–H groups in total. The maximum absolute atomic E-state index is 12.8. The van der Waals surface area contributed by atoms with Crippen molar-refractivity contribution in [1.29, 1.82) is 0 Å². The molecule has 0 saturated carbocycles. The lowest BCUT2D eigenvalue weighted by atomic mass is 10.1. The van der Waals surface area contributed by atoms with Crippen LogP contribution < -0.4 is 5.32 Å². The smallest absolute Gasteiger partial charge is 0.411 e. The molecule has 0 aliphatic carbocycles. The van der Waals surface area contributed by atoms with Crippen molar-refractivity contribution < 1.29 is 14.3 Å². The van der Waals surface area contributed by atoms with E-state index < -0.39 is 6.09 Å². The monoisotopic (exact) mass is 440 g/mol. The highest BCUT2D eigenvalue weighted by molar-refractivity contribution is 6.30. The molecule has 3 aromatic rings. The van der Waals surface area contributed by atoms with Gasteiger partial charge in [-0.05, 0) is 49.2 Å². The molecule has 31 heavy (non-hydrogen) atoms. The number of aryl methyl sites for hydroxylation is 2. The van der Waals surface area contributed by atoms with E-state index in [-0.39, 0.29) is 12.5 Å². The Morgan fingerprint density at radius 3 is 2.26 bits per heavy atom. The fourth-order valence-electron chi connectivity index (χ4n) is 3.17. The van der Waals surface area contributed by atoms with Crippen LogP contribution in [0.5, 0.6) is 0 Å². The van der Waals surface area contributed by atoms with E-state index in [1.165, 1.54) is 0 Å². The van der Waals surface area contributed by atoms with Crippen LogP contribution in [-0.4, -0.2) is 33.7 Å². The van der Waals surface area contributed by atoms with E-state index in [1.54, 1.807) is 60.1 Å². The van der Waals surface area contributed by atoms with Crippen molar-refractivity contribution >= 4 is 29.3 Å². The van der Waals surface area contributed by atoms with Crippen LogP contribution in [0.1, 0.15) is 32.9 Å². The van der Waals surface area contributed by atoms with Crippen LogP contribution in [-0.2, 0) is 24.9 Å². The highest BCUT2D eigenvalue weighted by Gasteiger charge is 2.20. The largest absolute Gasteiger partial charge is 0.444 e. The molecular formula is C23H25ClN4O3. The van der Waals surface area contributed by atoms with Gasteiger partial charge in [0.25, 0.3) is 5.91 Å². The Morgan fingerprint density at radius 1 is 1.06 bits per heavy atom. The molecule has 1 heterocycles. The summed E-state index contributed by atoms with van der Waals surface area (Å²) in [5, 5.41) is 7.63. The Balaban J connectivity index is 1.54. The normalized spacial score (nSPS) is 10.6. The number of ether oxygens (including phenoxy) is 1. The number of hydrogen-bond donors (Lipinski definition) is 1. The summed E-state index contributed by atoms with van der Waals surface area (Å²) in [6.45, 7) is 4.37. The lowest BCUT2D eigenvalue weighted by Crippen LogP contribution is -2.28. The highest BCUT2D eigenvalue weighted by Crippen LogP contribution is 2.17. The average Bonchev–Trinajstić information content (AvgIpc) is 3.00. The van der Waals surface area contributed by atoms with E-state index >= 15 is 0 Å². The minimum absolute atomic E-state index is 0.0893. The number of nitrogens with one attached hydrogen (secondary N) is 1. The molecule has 0 radical (unpaired) electrons. The number of rotatable bonds is 6. The predicted molar refractivity (Wildman–Crippen MR) is 120 cm³/mol. The summed E-state index contributed by atoms with van der Waals surface area (Å²) in [4.78, 5) is 26.5. The molecule has 7 nitrogen and oxygen atoms in total. The molecule has 3 rings (SSSR count). The van der Waals surface area contributed by atoms with Gasteiger partial charge in [-0.15, -0.1) is 0 Å². The standard InChI is InChI=1S/C23H25ClN4O3/c1-15-16(2)26-28(4)21(15)22(29)27(3)13-17-7-11-20(12-8-17)25-23(30)31-14-18-5-9-19(24)10-6-18/h5-12H,13-14H2,1-4H3,(H,25,30). The van der Waals surface area contributed by atoms with Crippen molar-refractivity contribution in [2.75, 3.05) is 12.4 Å². The first-order valence-corrected chi connectivity index (χ1v) is 10.1. The zero-order valence-corrected chi connectivity index (χ0v) is 18.7. The Hall–Kier alpha value is -3.32. The fourth-order valence-corrected chi connectivity index (χ4v) is 3.29. The van der Waals surface area contributed by atoms with Crippen LogP contribution in [0.15, 0.2) is 48.5 Å². The maximum atomic E-state index is 12.8. The van der Waals surface area contributed by atoms with E-state index in [2.05, 4.69) is 10.4 Å². The van der Waals surface area contributed by atoms with Crippen molar-refractivity contribution in [3.8, 4) is 0 Å². The van der Waals surface area contributed by atoms with Gasteiger partial charge in [-0.25, -0.2) is 4.79 Å². The van der Waals surface area contributed by atoms with E-state index in [4.69, 9.17) is 16.3 Å². The van der Waals surface area contributed by atoms with Gasteiger partial charge >= 0.3 is 6.09 Å². The van der Waals surface area contributed by atoms with Gasteiger partial charge in [-0.3, -0.25) is 14.8 Å². The first-order valence-electron chi connectivity index (χ1n) is 9.77. The molecular weight excluding hydrogens is 416 g/mol. The summed E-state index contributed by atoms with van der Waals surface area (Å²) < 4.78 is 6.83. The predicted octanol–water partition coefficient (Wildman–Crippen LogP) is 4.71. The number of amides is 2. The van der Waals surface area contributed by atoms with Crippen LogP contribution >= 0.6 is 11.6 Å². The first kappa shape index (κ1) is 22.4.